The summed E-state index contributed by atoms with van der Waals surface area (Å²) in [6.45, 7) is 4.16. The molecule has 7 heteroatoms. The van der Waals surface area contributed by atoms with E-state index in [4.69, 9.17) is 9.47 Å². The number of carbonyl (C=O) groups is 3. The van der Waals surface area contributed by atoms with Crippen molar-refractivity contribution < 1.29 is 29.0 Å². The number of esters is 2. The van der Waals surface area contributed by atoms with Crippen LogP contribution in [0.4, 0.5) is 0 Å². The molecule has 1 aliphatic rings. The van der Waals surface area contributed by atoms with Crippen molar-refractivity contribution in [1.82, 2.24) is 4.90 Å². The zero-order valence-corrected chi connectivity index (χ0v) is 18.9. The monoisotopic (exact) mass is 453 g/mol. The van der Waals surface area contributed by atoms with Crippen LogP contribution in [-0.4, -0.2) is 53.2 Å². The molecule has 1 aliphatic heterocycles. The lowest BCUT2D eigenvalue weighted by Gasteiger charge is -2.34. The molecule has 2 aromatic carbocycles. The summed E-state index contributed by atoms with van der Waals surface area (Å²) < 4.78 is 10.4. The molecule has 0 bridgehead atoms. The molecule has 0 saturated carbocycles. The van der Waals surface area contributed by atoms with Crippen LogP contribution in [0.15, 0.2) is 60.7 Å². The van der Waals surface area contributed by atoms with Crippen molar-refractivity contribution in [2.24, 2.45) is 5.92 Å². The smallest absolute Gasteiger partial charge is 0.362 e. The van der Waals surface area contributed by atoms with Gasteiger partial charge in [-0.25, -0.2) is 14.4 Å². The van der Waals surface area contributed by atoms with Crippen LogP contribution in [0.2, 0.25) is 0 Å². The Hall–Kier alpha value is -3.19. The Morgan fingerprint density at radius 2 is 1.73 bits per heavy atom. The Kier molecular flexibility index (Phi) is 8.60. The van der Waals surface area contributed by atoms with E-state index < -0.39 is 23.5 Å². The van der Waals surface area contributed by atoms with Crippen LogP contribution in [0.3, 0.4) is 0 Å². The lowest BCUT2D eigenvalue weighted by Crippen LogP contribution is -2.52. The van der Waals surface area contributed by atoms with Crippen molar-refractivity contribution in [3.63, 3.8) is 0 Å². The summed E-state index contributed by atoms with van der Waals surface area (Å²) in [5.41, 5.74) is -0.967. The number of carboxylic acid groups (broad SMARTS) is 1. The molecule has 2 atom stereocenters. The Balaban J connectivity index is 1.71. The Morgan fingerprint density at radius 3 is 2.36 bits per heavy atom. The molecule has 0 radical (unpaired) electrons. The Labute approximate surface area is 194 Å². The van der Waals surface area contributed by atoms with E-state index in [0.29, 0.717) is 6.42 Å². The van der Waals surface area contributed by atoms with Gasteiger partial charge in [-0.2, -0.15) is 0 Å². The van der Waals surface area contributed by atoms with Crippen LogP contribution in [0.25, 0.3) is 0 Å². The van der Waals surface area contributed by atoms with Gasteiger partial charge in [0.05, 0.1) is 12.2 Å². The quantitative estimate of drug-likeness (QED) is 0.430. The second-order valence-electron chi connectivity index (χ2n) is 8.38. The Morgan fingerprint density at radius 1 is 1.06 bits per heavy atom. The normalized spacial score (nSPS) is 18.2. The van der Waals surface area contributed by atoms with Crippen LogP contribution >= 0.6 is 0 Å². The van der Waals surface area contributed by atoms with Gasteiger partial charge in [0.25, 0.3) is 0 Å². The molecule has 1 N–H and O–H groups in total. The standard InChI is InChI=1S/C26H31NO6/c1-2-32-25(31)26(24(29)30,33-23(28)22-13-7-4-8-14-22)16-15-21-12-9-17-27(19-21)18-20-10-5-3-6-11-20/h3-8,10-11,13-14,21H,2,9,12,15-19H2,1H3,(H,29,30). The van der Waals surface area contributed by atoms with Crippen molar-refractivity contribution in [1.29, 1.82) is 0 Å². The maximum Gasteiger partial charge on any atom is 0.362 e. The molecule has 2 aromatic rings. The average molecular weight is 454 g/mol. The molecule has 0 aliphatic carbocycles. The fraction of sp³-hybridized carbons (Fsp3) is 0.423. The molecule has 176 valence electrons. The molecular weight excluding hydrogens is 422 g/mol. The number of nitrogens with zero attached hydrogens (tertiary/aromatic N) is 1. The molecule has 1 saturated heterocycles. The van der Waals surface area contributed by atoms with Gasteiger partial charge in [-0.3, -0.25) is 4.90 Å². The van der Waals surface area contributed by atoms with Crippen molar-refractivity contribution in [2.45, 2.75) is 44.8 Å². The summed E-state index contributed by atoms with van der Waals surface area (Å²) in [5, 5.41) is 10.0. The van der Waals surface area contributed by atoms with Gasteiger partial charge in [0.2, 0.25) is 0 Å². The first-order valence-corrected chi connectivity index (χ1v) is 11.4. The molecular formula is C26H31NO6. The zero-order chi connectivity index (χ0) is 23.7. The van der Waals surface area contributed by atoms with Gasteiger partial charge in [0.1, 0.15) is 0 Å². The van der Waals surface area contributed by atoms with Gasteiger partial charge >= 0.3 is 23.5 Å². The maximum absolute atomic E-state index is 12.8. The summed E-state index contributed by atoms with van der Waals surface area (Å²) in [4.78, 5) is 40.1. The first-order chi connectivity index (χ1) is 15.9. The first kappa shape index (κ1) is 24.5. The highest BCUT2D eigenvalue weighted by Crippen LogP contribution is 2.29. The minimum Gasteiger partial charge on any atom is -0.478 e. The zero-order valence-electron chi connectivity index (χ0n) is 18.9. The van der Waals surface area contributed by atoms with Crippen molar-refractivity contribution in [3.05, 3.63) is 71.8 Å². The minimum atomic E-state index is -2.37. The SMILES string of the molecule is CCOC(=O)C(CCC1CCCN(Cc2ccccc2)C1)(OC(=O)c1ccccc1)C(=O)O. The van der Waals surface area contributed by atoms with Crippen molar-refractivity contribution >= 4 is 17.9 Å². The fourth-order valence-electron chi connectivity index (χ4n) is 4.25. The molecule has 2 unspecified atom stereocenters. The van der Waals surface area contributed by atoms with E-state index in [-0.39, 0.29) is 24.5 Å². The number of ether oxygens (including phenoxy) is 2. The van der Waals surface area contributed by atoms with E-state index in [0.717, 1.165) is 32.5 Å². The van der Waals surface area contributed by atoms with Crippen LogP contribution in [0, 0.1) is 5.92 Å². The third-order valence-electron chi connectivity index (χ3n) is 5.98. The summed E-state index contributed by atoms with van der Waals surface area (Å²) in [6.07, 6.45) is 2.21. The molecule has 0 aromatic heterocycles. The maximum atomic E-state index is 12.8. The van der Waals surface area contributed by atoms with Crippen LogP contribution < -0.4 is 0 Å². The van der Waals surface area contributed by atoms with E-state index in [1.165, 1.54) is 17.7 Å². The molecule has 7 nitrogen and oxygen atoms in total. The minimum absolute atomic E-state index is 0.00890. The van der Waals surface area contributed by atoms with Gasteiger partial charge in [0, 0.05) is 19.5 Å². The van der Waals surface area contributed by atoms with Gasteiger partial charge in [-0.05, 0) is 56.3 Å². The third kappa shape index (κ3) is 6.42. The molecule has 1 fully saturated rings. The van der Waals surface area contributed by atoms with Crippen LogP contribution in [0.5, 0.6) is 0 Å². The number of hydrogen-bond donors (Lipinski definition) is 1. The number of aliphatic carboxylic acids is 1. The van der Waals surface area contributed by atoms with E-state index in [1.54, 1.807) is 25.1 Å². The number of likely N-dealkylation sites (tertiary alicyclic amines) is 1. The highest BCUT2D eigenvalue weighted by Gasteiger charge is 2.52. The van der Waals surface area contributed by atoms with Gasteiger partial charge in [0.15, 0.2) is 0 Å². The molecule has 33 heavy (non-hydrogen) atoms. The predicted octanol–water partition coefficient (Wildman–Crippen LogP) is 3.92. The van der Waals surface area contributed by atoms with Gasteiger partial charge in [-0.15, -0.1) is 0 Å². The number of carbonyl (C=O) groups excluding carboxylic acids is 2. The van der Waals surface area contributed by atoms with E-state index in [2.05, 4.69) is 17.0 Å². The fourth-order valence-corrected chi connectivity index (χ4v) is 4.25. The van der Waals surface area contributed by atoms with E-state index in [1.807, 2.05) is 18.2 Å². The third-order valence-corrected chi connectivity index (χ3v) is 5.98. The predicted molar refractivity (Wildman–Crippen MR) is 123 cm³/mol. The lowest BCUT2D eigenvalue weighted by molar-refractivity contribution is -0.181. The summed E-state index contributed by atoms with van der Waals surface area (Å²) >= 11 is 0. The molecule has 0 spiro atoms. The largest absolute Gasteiger partial charge is 0.478 e. The average Bonchev–Trinajstić information content (AvgIpc) is 2.83. The summed E-state index contributed by atoms with van der Waals surface area (Å²) in [6, 6.07) is 18.2. The van der Waals surface area contributed by atoms with E-state index >= 15 is 0 Å². The summed E-state index contributed by atoms with van der Waals surface area (Å²) in [5.74, 6) is -3.23. The molecule has 1 heterocycles. The van der Waals surface area contributed by atoms with E-state index in [9.17, 15) is 19.5 Å². The highest BCUT2D eigenvalue weighted by molar-refractivity contribution is 6.06. The molecule has 0 amide bonds. The Bertz CT molecular complexity index is 932. The number of benzene rings is 2. The first-order valence-electron chi connectivity index (χ1n) is 11.4. The molecule has 3 rings (SSSR count). The lowest BCUT2D eigenvalue weighted by atomic mass is 9.87. The number of piperidine rings is 1. The van der Waals surface area contributed by atoms with Crippen molar-refractivity contribution in [2.75, 3.05) is 19.7 Å². The number of hydrogen-bond acceptors (Lipinski definition) is 6. The second kappa shape index (κ2) is 11.6. The number of carboxylic acids is 1. The summed E-state index contributed by atoms with van der Waals surface area (Å²) in [7, 11) is 0. The highest BCUT2D eigenvalue weighted by atomic mass is 16.6. The van der Waals surface area contributed by atoms with Gasteiger partial charge in [-0.1, -0.05) is 48.5 Å². The topological polar surface area (TPSA) is 93.1 Å². The second-order valence-corrected chi connectivity index (χ2v) is 8.38. The number of rotatable bonds is 10. The van der Waals surface area contributed by atoms with Crippen molar-refractivity contribution in [3.8, 4) is 0 Å². The van der Waals surface area contributed by atoms with Crippen LogP contribution in [-0.2, 0) is 25.6 Å². The van der Waals surface area contributed by atoms with Crippen LogP contribution in [0.1, 0.15) is 48.5 Å². The van der Waals surface area contributed by atoms with Gasteiger partial charge < -0.3 is 14.6 Å².